The number of methoxy groups -OCH3 is 1. The van der Waals surface area contributed by atoms with Crippen LogP contribution in [0, 0.1) is 11.3 Å². The van der Waals surface area contributed by atoms with Crippen LogP contribution in [0.25, 0.3) is 16.9 Å². The van der Waals surface area contributed by atoms with E-state index in [-0.39, 0.29) is 35.6 Å². The maximum atomic E-state index is 14.1. The van der Waals surface area contributed by atoms with Crippen LogP contribution in [0.5, 0.6) is 11.5 Å². The molecule has 3 N–H and O–H groups in total. The third kappa shape index (κ3) is 6.49. The van der Waals surface area contributed by atoms with Gasteiger partial charge in [-0.1, -0.05) is 18.2 Å². The van der Waals surface area contributed by atoms with Gasteiger partial charge in [0.2, 0.25) is 0 Å². The summed E-state index contributed by atoms with van der Waals surface area (Å²) in [6.07, 6.45) is 4.27. The summed E-state index contributed by atoms with van der Waals surface area (Å²) in [5, 5.41) is 13.2. The molecule has 0 unspecified atom stereocenters. The van der Waals surface area contributed by atoms with Crippen molar-refractivity contribution in [2.24, 2.45) is 0 Å². The zero-order valence-electron chi connectivity index (χ0n) is 25.1. The van der Waals surface area contributed by atoms with Crippen molar-refractivity contribution in [1.29, 1.82) is 5.26 Å². The minimum atomic E-state index is -0.602. The number of anilines is 1. The van der Waals surface area contributed by atoms with Gasteiger partial charge >= 0.3 is 5.69 Å². The molecule has 1 fully saturated rings. The lowest BCUT2D eigenvalue weighted by Gasteiger charge is -2.33. The Bertz CT molecular complexity index is 1750. The molecule has 12 heteroatoms. The number of benzene rings is 2. The molecule has 1 saturated heterocycles. The van der Waals surface area contributed by atoms with Crippen molar-refractivity contribution in [1.82, 2.24) is 29.3 Å². The Hall–Kier alpha value is -4.99. The number of nitrogens with two attached hydrogens (primary N) is 1. The van der Waals surface area contributed by atoms with Crippen molar-refractivity contribution >= 4 is 22.9 Å². The van der Waals surface area contributed by atoms with E-state index in [2.05, 4.69) is 21.4 Å². The number of nitriles is 1. The molecular weight excluding hydrogens is 560 g/mol. The van der Waals surface area contributed by atoms with Crippen LogP contribution < -0.4 is 21.5 Å². The molecule has 1 aliphatic rings. The van der Waals surface area contributed by atoms with Crippen LogP contribution in [0.3, 0.4) is 0 Å². The number of fused-ring (bicyclic) bond motifs is 1. The number of carbonyl (C=O) groups is 1. The highest BCUT2D eigenvalue weighted by Crippen LogP contribution is 2.29. The topological polar surface area (TPSA) is 153 Å². The maximum absolute atomic E-state index is 14.1. The fraction of sp³-hybridized carbons (Fsp3) is 0.344. The van der Waals surface area contributed by atoms with Crippen molar-refractivity contribution in [3.8, 4) is 23.3 Å². The minimum absolute atomic E-state index is 0.0414. The van der Waals surface area contributed by atoms with E-state index in [4.69, 9.17) is 15.2 Å². The SMILES string of the molecule is COCCNC(C)(C)C=C(C#N)C(=O)N1CCC[C@H](n2c(=O)n(-c3ccc(Oc4ccccc4)cc3)c3c(N)ncnc32)C1. The Balaban J connectivity index is 1.44. The molecule has 44 heavy (non-hydrogen) atoms. The number of nitrogens with zero attached hydrogens (tertiary/aromatic N) is 6. The largest absolute Gasteiger partial charge is 0.457 e. The van der Waals surface area contributed by atoms with Crippen LogP contribution in [0.4, 0.5) is 5.82 Å². The van der Waals surface area contributed by atoms with E-state index in [1.54, 1.807) is 46.9 Å². The normalized spacial score (nSPS) is 15.7. The number of rotatable bonds is 10. The summed E-state index contributed by atoms with van der Waals surface area (Å²) in [5.74, 6) is 1.10. The summed E-state index contributed by atoms with van der Waals surface area (Å²) in [7, 11) is 1.61. The predicted molar refractivity (Wildman–Crippen MR) is 167 cm³/mol. The van der Waals surface area contributed by atoms with Crippen LogP contribution >= 0.6 is 0 Å². The summed E-state index contributed by atoms with van der Waals surface area (Å²) < 4.78 is 14.1. The average Bonchev–Trinajstić information content (AvgIpc) is 3.33. The van der Waals surface area contributed by atoms with Crippen LogP contribution in [0.15, 0.2) is 77.4 Å². The van der Waals surface area contributed by atoms with E-state index in [9.17, 15) is 14.9 Å². The van der Waals surface area contributed by atoms with E-state index < -0.39 is 5.54 Å². The minimum Gasteiger partial charge on any atom is -0.457 e. The molecular formula is C32H36N8O4. The summed E-state index contributed by atoms with van der Waals surface area (Å²) >= 11 is 0. The van der Waals surface area contributed by atoms with E-state index in [1.807, 2.05) is 44.2 Å². The Kier molecular flexibility index (Phi) is 9.08. The van der Waals surface area contributed by atoms with Crippen LogP contribution in [-0.4, -0.2) is 68.8 Å². The number of imidazole rings is 1. The number of nitrogen functional groups attached to an aromatic ring is 1. The number of hydrogen-bond acceptors (Lipinski definition) is 9. The van der Waals surface area contributed by atoms with Gasteiger partial charge in [0.15, 0.2) is 11.5 Å². The Labute approximate surface area is 255 Å². The quantitative estimate of drug-likeness (QED) is 0.159. The number of likely N-dealkylation sites (tertiary alicyclic amines) is 1. The zero-order valence-corrected chi connectivity index (χ0v) is 25.1. The summed E-state index contributed by atoms with van der Waals surface area (Å²) in [4.78, 5) is 37.8. The Morgan fingerprint density at radius 1 is 1.16 bits per heavy atom. The molecule has 0 spiro atoms. The number of piperidine rings is 1. The second-order valence-electron chi connectivity index (χ2n) is 11.2. The van der Waals surface area contributed by atoms with Crippen molar-refractivity contribution in [3.63, 3.8) is 0 Å². The van der Waals surface area contributed by atoms with Gasteiger partial charge in [-0.05, 0) is 69.2 Å². The maximum Gasteiger partial charge on any atom is 0.335 e. The summed E-state index contributed by atoms with van der Waals surface area (Å²) in [6, 6.07) is 18.2. The monoisotopic (exact) mass is 596 g/mol. The van der Waals surface area contributed by atoms with Gasteiger partial charge in [0.05, 0.1) is 18.3 Å². The highest BCUT2D eigenvalue weighted by molar-refractivity contribution is 5.97. The Morgan fingerprint density at radius 3 is 2.59 bits per heavy atom. The highest BCUT2D eigenvalue weighted by Gasteiger charge is 2.32. The standard InChI is InChI=1S/C32H36N8O4/c1-32(2,37-15-17-43-3)18-22(19-33)30(41)38-16-7-8-24(20-38)40-29-27(28(34)35-21-36-29)39(31(40)42)23-11-13-26(14-12-23)44-25-9-5-4-6-10-25/h4-6,9-14,18,21,24,37H,7-8,15-17,20H2,1-3H3,(H2,34,35,36)/t24-/m0/s1. The van der Waals surface area contributed by atoms with Gasteiger partial charge in [-0.25, -0.2) is 14.8 Å². The fourth-order valence-electron chi connectivity index (χ4n) is 5.47. The molecule has 1 amide bonds. The number of nitrogens with one attached hydrogen (secondary N) is 1. The van der Waals surface area contributed by atoms with Crippen molar-refractivity contribution in [3.05, 3.63) is 83.1 Å². The van der Waals surface area contributed by atoms with Gasteiger partial charge in [0.25, 0.3) is 5.91 Å². The third-order valence-electron chi connectivity index (χ3n) is 7.55. The molecule has 5 rings (SSSR count). The first-order valence-electron chi connectivity index (χ1n) is 14.5. The van der Waals surface area contributed by atoms with Crippen molar-refractivity contribution < 1.29 is 14.3 Å². The third-order valence-corrected chi connectivity index (χ3v) is 7.55. The second kappa shape index (κ2) is 13.1. The Morgan fingerprint density at radius 2 is 1.89 bits per heavy atom. The lowest BCUT2D eigenvalue weighted by molar-refractivity contribution is -0.128. The molecule has 0 aliphatic carbocycles. The summed E-state index contributed by atoms with van der Waals surface area (Å²) in [6.45, 7) is 5.57. The first-order chi connectivity index (χ1) is 21.2. The summed E-state index contributed by atoms with van der Waals surface area (Å²) in [5.41, 5.74) is 6.74. The number of para-hydroxylation sites is 1. The van der Waals surface area contributed by atoms with Gasteiger partial charge in [-0.15, -0.1) is 0 Å². The highest BCUT2D eigenvalue weighted by atomic mass is 16.5. The first-order valence-corrected chi connectivity index (χ1v) is 14.5. The van der Waals surface area contributed by atoms with Gasteiger partial charge in [-0.2, -0.15) is 5.26 Å². The molecule has 0 saturated carbocycles. The molecule has 2 aromatic carbocycles. The predicted octanol–water partition coefficient (Wildman–Crippen LogP) is 3.58. The smallest absolute Gasteiger partial charge is 0.335 e. The van der Waals surface area contributed by atoms with Crippen molar-refractivity contribution in [2.45, 2.75) is 38.3 Å². The molecule has 228 valence electrons. The van der Waals surface area contributed by atoms with Crippen LogP contribution in [0.1, 0.15) is 32.7 Å². The van der Waals surface area contributed by atoms with Gasteiger partial charge in [-0.3, -0.25) is 13.9 Å². The molecule has 0 bridgehead atoms. The molecule has 4 aromatic rings. The molecule has 3 heterocycles. The van der Waals surface area contributed by atoms with E-state index in [1.165, 1.54) is 10.9 Å². The molecule has 0 radical (unpaired) electrons. The van der Waals surface area contributed by atoms with E-state index in [0.29, 0.717) is 60.9 Å². The molecule has 12 nitrogen and oxygen atoms in total. The fourth-order valence-corrected chi connectivity index (χ4v) is 5.47. The zero-order chi connectivity index (χ0) is 31.3. The van der Waals surface area contributed by atoms with E-state index in [0.717, 1.165) is 0 Å². The molecule has 1 atom stereocenters. The van der Waals surface area contributed by atoms with E-state index >= 15 is 0 Å². The average molecular weight is 597 g/mol. The molecule has 1 aliphatic heterocycles. The van der Waals surface area contributed by atoms with Crippen molar-refractivity contribution in [2.75, 3.05) is 39.1 Å². The number of aromatic nitrogens is 4. The first kappa shape index (κ1) is 30.5. The second-order valence-corrected chi connectivity index (χ2v) is 11.2. The van der Waals surface area contributed by atoms with Crippen LogP contribution in [0.2, 0.25) is 0 Å². The van der Waals surface area contributed by atoms with Gasteiger partial charge in [0.1, 0.15) is 35.0 Å². The number of amides is 1. The number of ether oxygens (including phenoxy) is 2. The van der Waals surface area contributed by atoms with Crippen LogP contribution in [-0.2, 0) is 9.53 Å². The van der Waals surface area contributed by atoms with Gasteiger partial charge < -0.3 is 25.4 Å². The number of carbonyl (C=O) groups excluding carboxylic acids is 1. The lowest BCUT2D eigenvalue weighted by atomic mass is 9.99. The number of hydrogen-bond donors (Lipinski definition) is 2. The van der Waals surface area contributed by atoms with Gasteiger partial charge in [0, 0.05) is 32.3 Å². The molecule has 2 aromatic heterocycles. The lowest BCUT2D eigenvalue weighted by Crippen LogP contribution is -2.44.